The molecule has 2 aliphatic heterocycles. The third kappa shape index (κ3) is 3.60. The molecule has 0 amide bonds. The van der Waals surface area contributed by atoms with Crippen molar-refractivity contribution in [2.45, 2.75) is 44.8 Å². The van der Waals surface area contributed by atoms with Crippen LogP contribution < -0.4 is 10.3 Å². The predicted molar refractivity (Wildman–Crippen MR) is 119 cm³/mol. The Balaban J connectivity index is 1.45. The van der Waals surface area contributed by atoms with Crippen LogP contribution in [-0.2, 0) is 13.0 Å². The zero-order valence-corrected chi connectivity index (χ0v) is 18.6. The number of nitrogens with zero attached hydrogens (tertiary/aromatic N) is 3. The predicted octanol–water partition coefficient (Wildman–Crippen LogP) is 3.55. The molecule has 1 aromatic carbocycles. The normalized spacial score (nSPS) is 18.4. The second kappa shape index (κ2) is 7.98. The van der Waals surface area contributed by atoms with E-state index in [0.717, 1.165) is 57.7 Å². The standard InChI is InChI=1S/C21H24BrN3O3S/c22-15-7-6-14-17-20(23-16-5-4-10-25(16)21(17)27)29-19(14)18(15)28-12-13(26)11-24-8-2-1-3-9-24/h6-7,13,26H,1-5,8-12H2. The van der Waals surface area contributed by atoms with E-state index in [1.165, 1.54) is 30.6 Å². The van der Waals surface area contributed by atoms with Crippen LogP contribution in [0.5, 0.6) is 5.75 Å². The number of aliphatic hydroxyl groups is 1. The second-order valence-corrected chi connectivity index (χ2v) is 9.80. The molecule has 29 heavy (non-hydrogen) atoms. The summed E-state index contributed by atoms with van der Waals surface area (Å²) in [4.78, 5) is 20.8. The van der Waals surface area contributed by atoms with Gasteiger partial charge in [-0.15, -0.1) is 11.3 Å². The molecule has 0 aliphatic carbocycles. The molecular weight excluding hydrogens is 454 g/mol. The number of piperidine rings is 1. The first-order valence-electron chi connectivity index (χ1n) is 10.3. The molecule has 1 fully saturated rings. The Morgan fingerprint density at radius 3 is 2.86 bits per heavy atom. The fourth-order valence-corrected chi connectivity index (χ4v) is 6.20. The van der Waals surface area contributed by atoms with E-state index in [1.807, 2.05) is 12.1 Å². The summed E-state index contributed by atoms with van der Waals surface area (Å²) in [5.41, 5.74) is 0.0483. The van der Waals surface area contributed by atoms with Gasteiger partial charge in [0.1, 0.15) is 23.4 Å². The van der Waals surface area contributed by atoms with E-state index in [2.05, 4.69) is 20.8 Å². The summed E-state index contributed by atoms with van der Waals surface area (Å²) in [6.07, 6.45) is 4.97. The van der Waals surface area contributed by atoms with Crippen LogP contribution in [0.25, 0.3) is 20.3 Å². The molecule has 0 saturated carbocycles. The number of aromatic nitrogens is 2. The van der Waals surface area contributed by atoms with Gasteiger partial charge < -0.3 is 14.7 Å². The Morgan fingerprint density at radius 2 is 2.03 bits per heavy atom. The van der Waals surface area contributed by atoms with Crippen LogP contribution in [0, 0.1) is 0 Å². The van der Waals surface area contributed by atoms with Gasteiger partial charge in [-0.2, -0.15) is 0 Å². The van der Waals surface area contributed by atoms with Crippen LogP contribution in [0.15, 0.2) is 21.4 Å². The van der Waals surface area contributed by atoms with Gasteiger partial charge in [0.15, 0.2) is 5.75 Å². The highest BCUT2D eigenvalue weighted by atomic mass is 79.9. The smallest absolute Gasteiger partial charge is 0.262 e. The van der Waals surface area contributed by atoms with Crippen molar-refractivity contribution in [2.75, 3.05) is 26.2 Å². The number of hydrogen-bond donors (Lipinski definition) is 1. The Kier molecular flexibility index (Phi) is 5.36. The van der Waals surface area contributed by atoms with Gasteiger partial charge in [-0.05, 0) is 54.3 Å². The van der Waals surface area contributed by atoms with E-state index >= 15 is 0 Å². The van der Waals surface area contributed by atoms with Gasteiger partial charge >= 0.3 is 0 Å². The third-order valence-corrected chi connectivity index (χ3v) is 7.59. The minimum absolute atomic E-state index is 0.0483. The molecule has 0 bridgehead atoms. The van der Waals surface area contributed by atoms with Crippen molar-refractivity contribution in [3.05, 3.63) is 32.8 Å². The van der Waals surface area contributed by atoms with E-state index in [0.29, 0.717) is 17.7 Å². The number of benzene rings is 1. The molecule has 1 atom stereocenters. The number of fused-ring (bicyclic) bond motifs is 4. The van der Waals surface area contributed by atoms with Gasteiger partial charge in [0, 0.05) is 24.9 Å². The summed E-state index contributed by atoms with van der Waals surface area (Å²) in [5, 5.41) is 12.0. The summed E-state index contributed by atoms with van der Waals surface area (Å²) < 4.78 is 9.62. The lowest BCUT2D eigenvalue weighted by molar-refractivity contribution is 0.0620. The molecule has 5 rings (SSSR count). The maximum Gasteiger partial charge on any atom is 0.262 e. The van der Waals surface area contributed by atoms with Gasteiger partial charge in [0.2, 0.25) is 0 Å². The monoisotopic (exact) mass is 477 g/mol. The van der Waals surface area contributed by atoms with Crippen LogP contribution in [0.1, 0.15) is 31.5 Å². The lowest BCUT2D eigenvalue weighted by atomic mass is 10.1. The Bertz CT molecular complexity index is 1120. The maximum atomic E-state index is 13.0. The summed E-state index contributed by atoms with van der Waals surface area (Å²) in [7, 11) is 0. The molecule has 2 aliphatic rings. The third-order valence-electron chi connectivity index (χ3n) is 5.87. The van der Waals surface area contributed by atoms with E-state index in [1.54, 1.807) is 4.57 Å². The number of aliphatic hydroxyl groups excluding tert-OH is 1. The maximum absolute atomic E-state index is 13.0. The molecule has 1 saturated heterocycles. The largest absolute Gasteiger partial charge is 0.488 e. The van der Waals surface area contributed by atoms with Crippen LogP contribution in [0.3, 0.4) is 0 Å². The molecule has 0 spiro atoms. The molecule has 6 nitrogen and oxygen atoms in total. The number of halogens is 1. The number of hydrogen-bond acceptors (Lipinski definition) is 6. The average Bonchev–Trinajstić information content (AvgIpc) is 3.33. The molecular formula is C21H24BrN3O3S. The Labute approximate surface area is 181 Å². The zero-order chi connectivity index (χ0) is 20.0. The van der Waals surface area contributed by atoms with Gasteiger partial charge in [0.25, 0.3) is 5.56 Å². The number of aryl methyl sites for hydroxylation is 1. The average molecular weight is 478 g/mol. The first-order chi connectivity index (χ1) is 14.1. The van der Waals surface area contributed by atoms with Crippen LogP contribution in [0.2, 0.25) is 0 Å². The summed E-state index contributed by atoms with van der Waals surface area (Å²) >= 11 is 5.08. The first-order valence-corrected chi connectivity index (χ1v) is 11.9. The fourth-order valence-electron chi connectivity index (χ4n) is 4.44. The van der Waals surface area contributed by atoms with Crippen molar-refractivity contribution in [3.63, 3.8) is 0 Å². The molecule has 3 aromatic rings. The highest BCUT2D eigenvalue weighted by Gasteiger charge is 2.22. The van der Waals surface area contributed by atoms with Crippen molar-refractivity contribution in [1.29, 1.82) is 0 Å². The summed E-state index contributed by atoms with van der Waals surface area (Å²) in [6, 6.07) is 3.87. The molecule has 154 valence electrons. The number of rotatable bonds is 5. The number of likely N-dealkylation sites (tertiary alicyclic amines) is 1. The van der Waals surface area contributed by atoms with Crippen molar-refractivity contribution in [2.24, 2.45) is 0 Å². The van der Waals surface area contributed by atoms with Gasteiger partial charge in [0.05, 0.1) is 14.6 Å². The lowest BCUT2D eigenvalue weighted by Gasteiger charge is -2.28. The second-order valence-electron chi connectivity index (χ2n) is 7.95. The van der Waals surface area contributed by atoms with Gasteiger partial charge in [-0.3, -0.25) is 9.36 Å². The van der Waals surface area contributed by atoms with Gasteiger partial charge in [-0.1, -0.05) is 12.5 Å². The molecule has 1 N–H and O–H groups in total. The number of thiophene rings is 1. The highest BCUT2D eigenvalue weighted by molar-refractivity contribution is 9.10. The molecule has 4 heterocycles. The number of ether oxygens (including phenoxy) is 1. The van der Waals surface area contributed by atoms with Crippen molar-refractivity contribution in [1.82, 2.24) is 14.5 Å². The SMILES string of the molecule is O=c1c2c(nc3n1CCC3)sc1c(OCC(O)CN3CCCCC3)c(Br)ccc12. The first kappa shape index (κ1) is 19.5. The van der Waals surface area contributed by atoms with Crippen molar-refractivity contribution >= 4 is 47.6 Å². The fraction of sp³-hybridized carbons (Fsp3) is 0.524. The molecule has 2 aromatic heterocycles. The van der Waals surface area contributed by atoms with Crippen LogP contribution in [-0.4, -0.2) is 51.9 Å². The van der Waals surface area contributed by atoms with E-state index in [-0.39, 0.29) is 12.2 Å². The lowest BCUT2D eigenvalue weighted by Crippen LogP contribution is -2.38. The summed E-state index contributed by atoms with van der Waals surface area (Å²) in [6.45, 7) is 3.71. The summed E-state index contributed by atoms with van der Waals surface area (Å²) in [5.74, 6) is 1.57. The Morgan fingerprint density at radius 1 is 1.21 bits per heavy atom. The van der Waals surface area contributed by atoms with Gasteiger partial charge in [-0.25, -0.2) is 4.98 Å². The minimum Gasteiger partial charge on any atom is -0.488 e. The van der Waals surface area contributed by atoms with Crippen LogP contribution in [0.4, 0.5) is 0 Å². The number of β-amino-alcohol motifs (C(OH)–C–C–N with tert-alkyl or cyclic N) is 1. The van der Waals surface area contributed by atoms with Crippen molar-refractivity contribution in [3.8, 4) is 5.75 Å². The van der Waals surface area contributed by atoms with E-state index in [9.17, 15) is 9.90 Å². The van der Waals surface area contributed by atoms with Crippen molar-refractivity contribution < 1.29 is 9.84 Å². The topological polar surface area (TPSA) is 67.6 Å². The highest BCUT2D eigenvalue weighted by Crippen LogP contribution is 2.41. The molecule has 1 unspecified atom stereocenters. The Hall–Kier alpha value is -1.48. The van der Waals surface area contributed by atoms with Crippen LogP contribution >= 0.6 is 27.3 Å². The van der Waals surface area contributed by atoms with E-state index < -0.39 is 6.10 Å². The quantitative estimate of drug-likeness (QED) is 0.608. The van der Waals surface area contributed by atoms with E-state index in [4.69, 9.17) is 9.72 Å². The minimum atomic E-state index is -0.544. The zero-order valence-electron chi connectivity index (χ0n) is 16.2. The molecule has 0 radical (unpaired) electrons. The molecule has 8 heteroatoms.